The number of nitrogens with two attached hydrogens (primary N) is 1. The summed E-state index contributed by atoms with van der Waals surface area (Å²) >= 11 is 5.88. The van der Waals surface area contributed by atoms with Crippen molar-refractivity contribution in [2.75, 3.05) is 39.5 Å². The van der Waals surface area contributed by atoms with Gasteiger partial charge >= 0.3 is 6.18 Å². The zero-order chi connectivity index (χ0) is 17.6. The lowest BCUT2D eigenvalue weighted by Crippen LogP contribution is -2.33. The van der Waals surface area contributed by atoms with Crippen LogP contribution in [-0.2, 0) is 0 Å². The van der Waals surface area contributed by atoms with E-state index in [4.69, 9.17) is 22.1 Å². The third-order valence-corrected chi connectivity index (χ3v) is 3.34. The van der Waals surface area contributed by atoms with Crippen molar-refractivity contribution in [3.05, 3.63) is 22.7 Å². The molecule has 0 saturated carbocycles. The Bertz CT molecular complexity index is 553. The number of carbonyl (C=O) groups is 1. The summed E-state index contributed by atoms with van der Waals surface area (Å²) in [6, 6.07) is 2.83. The molecule has 0 radical (unpaired) electrons. The topological polar surface area (TPSA) is 67.6 Å². The molecule has 1 rings (SSSR count). The van der Waals surface area contributed by atoms with Crippen LogP contribution in [0.4, 0.5) is 18.9 Å². The van der Waals surface area contributed by atoms with Crippen LogP contribution in [0.25, 0.3) is 0 Å². The van der Waals surface area contributed by atoms with Crippen molar-refractivity contribution in [2.24, 2.45) is 0 Å². The molecule has 0 aromatic heterocycles. The molecule has 0 saturated heterocycles. The summed E-state index contributed by atoms with van der Waals surface area (Å²) in [6.07, 6.45) is -3.85. The molecule has 5 nitrogen and oxygen atoms in total. The van der Waals surface area contributed by atoms with Gasteiger partial charge in [-0.1, -0.05) is 11.6 Å². The molecule has 1 aromatic carbocycles. The molecular formula is C14H19ClF3N3O2. The molecule has 0 bridgehead atoms. The van der Waals surface area contributed by atoms with Gasteiger partial charge in [-0.3, -0.25) is 9.69 Å². The lowest BCUT2D eigenvalue weighted by Gasteiger charge is -2.18. The first-order chi connectivity index (χ1) is 10.6. The third-order valence-electron chi connectivity index (χ3n) is 3.01. The molecule has 0 heterocycles. The normalized spacial score (nSPS) is 11.6. The summed E-state index contributed by atoms with van der Waals surface area (Å²) in [6.45, 7) is -0.548. The second-order valence-electron chi connectivity index (χ2n) is 5.04. The van der Waals surface area contributed by atoms with E-state index in [-0.39, 0.29) is 35.1 Å². The molecule has 0 aliphatic rings. The summed E-state index contributed by atoms with van der Waals surface area (Å²) in [5.41, 5.74) is 6.13. The highest BCUT2D eigenvalue weighted by Crippen LogP contribution is 2.28. The van der Waals surface area contributed by atoms with Crippen molar-refractivity contribution in [1.82, 2.24) is 10.2 Å². The number of ether oxygens (including phenoxy) is 1. The van der Waals surface area contributed by atoms with Gasteiger partial charge in [-0.2, -0.15) is 13.2 Å². The Hall–Kier alpha value is -1.67. The van der Waals surface area contributed by atoms with Gasteiger partial charge in [0.15, 0.2) is 0 Å². The molecule has 130 valence electrons. The van der Waals surface area contributed by atoms with E-state index in [1.165, 1.54) is 26.3 Å². The van der Waals surface area contributed by atoms with Gasteiger partial charge in [-0.05, 0) is 26.1 Å². The smallest absolute Gasteiger partial charge is 0.401 e. The molecule has 0 atom stereocenters. The standard InChI is InChI=1S/C14H19ClF3N3O2/c1-21(8-14(16,17)18)5-3-4-20-13(22)9-6-10(15)11(19)7-12(9)23-2/h6-7H,3-5,8,19H2,1-2H3,(H,20,22). The largest absolute Gasteiger partial charge is 0.496 e. The van der Waals surface area contributed by atoms with E-state index < -0.39 is 18.6 Å². The number of amides is 1. The van der Waals surface area contributed by atoms with Crippen molar-refractivity contribution >= 4 is 23.2 Å². The van der Waals surface area contributed by atoms with E-state index in [0.29, 0.717) is 6.42 Å². The lowest BCUT2D eigenvalue weighted by molar-refractivity contribution is -0.143. The summed E-state index contributed by atoms with van der Waals surface area (Å²) in [7, 11) is 2.77. The number of anilines is 1. The fourth-order valence-electron chi connectivity index (χ4n) is 1.95. The van der Waals surface area contributed by atoms with Crippen molar-refractivity contribution in [3.8, 4) is 5.75 Å². The molecule has 0 fully saturated rings. The molecule has 23 heavy (non-hydrogen) atoms. The Morgan fingerprint density at radius 1 is 1.43 bits per heavy atom. The minimum absolute atomic E-state index is 0.208. The Labute approximate surface area is 137 Å². The van der Waals surface area contributed by atoms with E-state index in [9.17, 15) is 18.0 Å². The predicted molar refractivity (Wildman–Crippen MR) is 82.9 cm³/mol. The maximum atomic E-state index is 12.2. The number of rotatable bonds is 7. The molecule has 3 N–H and O–H groups in total. The predicted octanol–water partition coefficient (Wildman–Crippen LogP) is 2.54. The Balaban J connectivity index is 2.50. The van der Waals surface area contributed by atoms with E-state index >= 15 is 0 Å². The van der Waals surface area contributed by atoms with Crippen molar-refractivity contribution in [3.63, 3.8) is 0 Å². The minimum Gasteiger partial charge on any atom is -0.496 e. The van der Waals surface area contributed by atoms with Gasteiger partial charge in [0.05, 0.1) is 29.9 Å². The summed E-state index contributed by atoms with van der Waals surface area (Å²) < 4.78 is 41.6. The van der Waals surface area contributed by atoms with E-state index in [2.05, 4.69) is 5.32 Å². The first-order valence-corrected chi connectivity index (χ1v) is 7.18. The van der Waals surface area contributed by atoms with E-state index in [0.717, 1.165) is 4.90 Å². The number of hydrogen-bond donors (Lipinski definition) is 2. The van der Waals surface area contributed by atoms with Crippen molar-refractivity contribution in [1.29, 1.82) is 0 Å². The average molecular weight is 354 g/mol. The van der Waals surface area contributed by atoms with E-state index in [1.807, 2.05) is 0 Å². The van der Waals surface area contributed by atoms with Crippen LogP contribution in [0, 0.1) is 0 Å². The minimum atomic E-state index is -4.23. The van der Waals surface area contributed by atoms with Gasteiger partial charge in [0.2, 0.25) is 0 Å². The van der Waals surface area contributed by atoms with Gasteiger partial charge in [-0.15, -0.1) is 0 Å². The maximum absolute atomic E-state index is 12.2. The zero-order valence-corrected chi connectivity index (χ0v) is 13.6. The summed E-state index contributed by atoms with van der Waals surface area (Å²) in [5, 5.41) is 2.84. The Morgan fingerprint density at radius 3 is 2.65 bits per heavy atom. The monoisotopic (exact) mass is 353 g/mol. The van der Waals surface area contributed by atoms with Gasteiger partial charge in [-0.25, -0.2) is 0 Å². The SMILES string of the molecule is COc1cc(N)c(Cl)cc1C(=O)NCCCN(C)CC(F)(F)F. The van der Waals surface area contributed by atoms with Gasteiger partial charge in [0.1, 0.15) is 5.75 Å². The molecule has 1 aromatic rings. The van der Waals surface area contributed by atoms with Crippen LogP contribution in [0.3, 0.4) is 0 Å². The van der Waals surface area contributed by atoms with Crippen LogP contribution < -0.4 is 15.8 Å². The highest BCUT2D eigenvalue weighted by atomic mass is 35.5. The molecular weight excluding hydrogens is 335 g/mol. The van der Waals surface area contributed by atoms with Crippen molar-refractivity contribution < 1.29 is 22.7 Å². The number of methoxy groups -OCH3 is 1. The molecule has 0 spiro atoms. The maximum Gasteiger partial charge on any atom is 0.401 e. The number of nitrogen functional groups attached to an aromatic ring is 1. The Morgan fingerprint density at radius 2 is 2.09 bits per heavy atom. The number of halogens is 4. The van der Waals surface area contributed by atoms with Gasteiger partial charge in [0, 0.05) is 12.6 Å². The fourth-order valence-corrected chi connectivity index (χ4v) is 2.11. The van der Waals surface area contributed by atoms with E-state index in [1.54, 1.807) is 0 Å². The first kappa shape index (κ1) is 19.4. The van der Waals surface area contributed by atoms with Gasteiger partial charge in [0.25, 0.3) is 5.91 Å². The Kier molecular flexibility index (Phi) is 6.96. The number of nitrogens with one attached hydrogen (secondary N) is 1. The molecule has 0 unspecified atom stereocenters. The van der Waals surface area contributed by atoms with Crippen LogP contribution in [0.2, 0.25) is 5.02 Å². The highest BCUT2D eigenvalue weighted by molar-refractivity contribution is 6.33. The van der Waals surface area contributed by atoms with Crippen LogP contribution in [0.1, 0.15) is 16.8 Å². The fraction of sp³-hybridized carbons (Fsp3) is 0.500. The second kappa shape index (κ2) is 8.26. The van der Waals surface area contributed by atoms with Crippen LogP contribution in [0.5, 0.6) is 5.75 Å². The first-order valence-electron chi connectivity index (χ1n) is 6.80. The average Bonchev–Trinajstić information content (AvgIpc) is 2.43. The molecule has 1 amide bonds. The van der Waals surface area contributed by atoms with Crippen LogP contribution in [-0.4, -0.2) is 50.8 Å². The molecule has 0 aliphatic heterocycles. The number of carbonyl (C=O) groups excluding carboxylic acids is 1. The lowest BCUT2D eigenvalue weighted by atomic mass is 10.1. The molecule has 0 aliphatic carbocycles. The number of benzene rings is 1. The summed E-state index contributed by atoms with van der Waals surface area (Å²) in [5.74, 6) is -0.152. The third kappa shape index (κ3) is 6.54. The van der Waals surface area contributed by atoms with Gasteiger partial charge < -0.3 is 15.8 Å². The highest BCUT2D eigenvalue weighted by Gasteiger charge is 2.28. The summed E-state index contributed by atoms with van der Waals surface area (Å²) in [4.78, 5) is 13.2. The quantitative estimate of drug-likeness (QED) is 0.584. The number of nitrogens with zero attached hydrogens (tertiary/aromatic N) is 1. The number of hydrogen-bond acceptors (Lipinski definition) is 4. The molecule has 9 heteroatoms. The zero-order valence-electron chi connectivity index (χ0n) is 12.8. The van der Waals surface area contributed by atoms with Crippen LogP contribution in [0.15, 0.2) is 12.1 Å². The number of alkyl halides is 3. The van der Waals surface area contributed by atoms with Crippen LogP contribution >= 0.6 is 11.6 Å². The second-order valence-corrected chi connectivity index (χ2v) is 5.44. The van der Waals surface area contributed by atoms with Crippen molar-refractivity contribution in [2.45, 2.75) is 12.6 Å².